The molecule has 1 fully saturated rings. The monoisotopic (exact) mass is 317 g/mol. The van der Waals surface area contributed by atoms with Crippen LogP contribution in [-0.4, -0.2) is 16.0 Å². The molecule has 5 heteroatoms. The van der Waals surface area contributed by atoms with Crippen LogP contribution >= 0.6 is 0 Å². The third-order valence-corrected chi connectivity index (χ3v) is 4.26. The molecule has 0 aliphatic heterocycles. The average Bonchev–Trinajstić information content (AvgIpc) is 2.56. The molecule has 3 rings (SSSR count). The van der Waals surface area contributed by atoms with Crippen LogP contribution in [0.3, 0.4) is 0 Å². The van der Waals surface area contributed by atoms with E-state index < -0.39 is 6.43 Å². The zero-order chi connectivity index (χ0) is 16.2. The quantitative estimate of drug-likeness (QED) is 0.849. The molecule has 0 unspecified atom stereocenters. The highest BCUT2D eigenvalue weighted by molar-refractivity contribution is 5.61. The molecular weight excluding hydrogens is 296 g/mol. The van der Waals surface area contributed by atoms with Crippen LogP contribution < -0.4 is 5.32 Å². The van der Waals surface area contributed by atoms with Gasteiger partial charge >= 0.3 is 0 Å². The van der Waals surface area contributed by atoms with Gasteiger partial charge in [-0.3, -0.25) is 0 Å². The van der Waals surface area contributed by atoms with Crippen molar-refractivity contribution in [2.24, 2.45) is 0 Å². The molecule has 1 aliphatic rings. The lowest BCUT2D eigenvalue weighted by atomic mass is 9.96. The fourth-order valence-electron chi connectivity index (χ4n) is 2.94. The van der Waals surface area contributed by atoms with Crippen molar-refractivity contribution >= 4 is 5.95 Å². The van der Waals surface area contributed by atoms with Crippen molar-refractivity contribution in [3.8, 4) is 11.3 Å². The first-order valence-corrected chi connectivity index (χ1v) is 8.12. The van der Waals surface area contributed by atoms with Gasteiger partial charge in [-0.15, -0.1) is 0 Å². The van der Waals surface area contributed by atoms with Crippen LogP contribution in [-0.2, 0) is 0 Å². The van der Waals surface area contributed by atoms with Crippen molar-refractivity contribution in [1.82, 2.24) is 9.97 Å². The van der Waals surface area contributed by atoms with Gasteiger partial charge in [0.15, 0.2) is 0 Å². The minimum Gasteiger partial charge on any atom is -0.351 e. The minimum absolute atomic E-state index is 0.228. The number of hydrogen-bond acceptors (Lipinski definition) is 3. The first-order valence-electron chi connectivity index (χ1n) is 8.12. The molecule has 0 radical (unpaired) electrons. The predicted octanol–water partition coefficient (Wildman–Crippen LogP) is 5.13. The van der Waals surface area contributed by atoms with Gasteiger partial charge in [0.1, 0.15) is 5.69 Å². The molecule has 2 aromatic rings. The van der Waals surface area contributed by atoms with Gasteiger partial charge in [0, 0.05) is 11.6 Å². The molecule has 0 saturated heterocycles. The molecule has 0 bridgehead atoms. The number of hydrogen-bond donors (Lipinski definition) is 1. The zero-order valence-electron chi connectivity index (χ0n) is 13.2. The molecule has 0 spiro atoms. The number of anilines is 1. The molecule has 0 amide bonds. The molecule has 1 heterocycles. The summed E-state index contributed by atoms with van der Waals surface area (Å²) in [6.45, 7) is 1.99. The Kier molecular flexibility index (Phi) is 4.84. The maximum absolute atomic E-state index is 13.2. The fraction of sp³-hybridized carbons (Fsp3) is 0.444. The van der Waals surface area contributed by atoms with Gasteiger partial charge in [0.2, 0.25) is 5.95 Å². The van der Waals surface area contributed by atoms with E-state index in [2.05, 4.69) is 15.3 Å². The third-order valence-electron chi connectivity index (χ3n) is 4.26. The van der Waals surface area contributed by atoms with E-state index in [0.717, 1.165) is 36.8 Å². The Morgan fingerprint density at radius 2 is 1.74 bits per heavy atom. The fourth-order valence-corrected chi connectivity index (χ4v) is 2.94. The molecule has 1 aliphatic carbocycles. The van der Waals surface area contributed by atoms with Crippen molar-refractivity contribution in [1.29, 1.82) is 0 Å². The van der Waals surface area contributed by atoms with Crippen molar-refractivity contribution in [2.45, 2.75) is 51.5 Å². The van der Waals surface area contributed by atoms with E-state index in [4.69, 9.17) is 0 Å². The summed E-state index contributed by atoms with van der Waals surface area (Å²) in [5, 5.41) is 3.24. The lowest BCUT2D eigenvalue weighted by Gasteiger charge is -2.23. The van der Waals surface area contributed by atoms with Crippen LogP contribution in [0.15, 0.2) is 30.3 Å². The predicted molar refractivity (Wildman–Crippen MR) is 87.7 cm³/mol. The Morgan fingerprint density at radius 3 is 2.39 bits per heavy atom. The summed E-state index contributed by atoms with van der Waals surface area (Å²) in [6, 6.07) is 9.36. The first kappa shape index (κ1) is 15.8. The molecule has 3 nitrogen and oxygen atoms in total. The SMILES string of the molecule is Cc1ccc(-c2cc(C(F)F)nc(NC3CCCCC3)n2)cc1. The molecule has 1 saturated carbocycles. The van der Waals surface area contributed by atoms with Gasteiger partial charge in [0.25, 0.3) is 6.43 Å². The number of aryl methyl sites for hydroxylation is 1. The van der Waals surface area contributed by atoms with E-state index in [1.54, 1.807) is 0 Å². The van der Waals surface area contributed by atoms with Crippen molar-refractivity contribution < 1.29 is 8.78 Å². The van der Waals surface area contributed by atoms with Crippen LogP contribution in [0.2, 0.25) is 0 Å². The standard InChI is InChI=1S/C18H21F2N3/c1-12-7-9-13(10-8-12)15-11-16(17(19)20)23-18(22-15)21-14-5-3-2-4-6-14/h7-11,14,17H,2-6H2,1H3,(H,21,22,23). The van der Waals surface area contributed by atoms with Gasteiger partial charge in [-0.25, -0.2) is 18.7 Å². The van der Waals surface area contributed by atoms with Crippen molar-refractivity contribution in [3.05, 3.63) is 41.6 Å². The van der Waals surface area contributed by atoms with E-state index >= 15 is 0 Å². The van der Waals surface area contributed by atoms with Gasteiger partial charge in [0.05, 0.1) is 5.69 Å². The largest absolute Gasteiger partial charge is 0.351 e. The number of rotatable bonds is 4. The Morgan fingerprint density at radius 1 is 1.04 bits per heavy atom. The number of halogens is 2. The Balaban J connectivity index is 1.90. The Bertz CT molecular complexity index is 650. The normalized spacial score (nSPS) is 15.8. The van der Waals surface area contributed by atoms with Crippen LogP contribution in [0, 0.1) is 6.92 Å². The number of nitrogens with one attached hydrogen (secondary N) is 1. The van der Waals surface area contributed by atoms with Crippen LogP contribution in [0.4, 0.5) is 14.7 Å². The summed E-state index contributed by atoms with van der Waals surface area (Å²) < 4.78 is 26.3. The van der Waals surface area contributed by atoms with Crippen LogP contribution in [0.1, 0.15) is 49.8 Å². The number of aromatic nitrogens is 2. The van der Waals surface area contributed by atoms with Gasteiger partial charge in [-0.05, 0) is 25.8 Å². The number of nitrogens with zero attached hydrogens (tertiary/aromatic N) is 2. The highest BCUT2D eigenvalue weighted by Gasteiger charge is 2.18. The second kappa shape index (κ2) is 7.02. The second-order valence-corrected chi connectivity index (χ2v) is 6.15. The molecule has 1 aromatic carbocycles. The molecule has 1 N–H and O–H groups in total. The van der Waals surface area contributed by atoms with E-state index in [1.165, 1.54) is 12.5 Å². The highest BCUT2D eigenvalue weighted by atomic mass is 19.3. The smallest absolute Gasteiger partial charge is 0.280 e. The molecule has 23 heavy (non-hydrogen) atoms. The van der Waals surface area contributed by atoms with E-state index in [-0.39, 0.29) is 11.7 Å². The third kappa shape index (κ3) is 4.03. The highest BCUT2D eigenvalue weighted by Crippen LogP contribution is 2.26. The summed E-state index contributed by atoms with van der Waals surface area (Å²) in [4.78, 5) is 8.45. The summed E-state index contributed by atoms with van der Waals surface area (Å²) in [5.74, 6) is 0.310. The first-order chi connectivity index (χ1) is 11.1. The maximum atomic E-state index is 13.2. The van der Waals surface area contributed by atoms with Crippen molar-refractivity contribution in [2.75, 3.05) is 5.32 Å². The lowest BCUT2D eigenvalue weighted by Crippen LogP contribution is -2.23. The Labute approximate surface area is 135 Å². The Hall–Kier alpha value is -2.04. The number of alkyl halides is 2. The van der Waals surface area contributed by atoms with Gasteiger partial charge in [-0.1, -0.05) is 49.1 Å². The van der Waals surface area contributed by atoms with E-state index in [0.29, 0.717) is 11.6 Å². The average molecular weight is 317 g/mol. The summed E-state index contributed by atoms with van der Waals surface area (Å²) >= 11 is 0. The maximum Gasteiger partial charge on any atom is 0.280 e. The van der Waals surface area contributed by atoms with Gasteiger partial charge < -0.3 is 5.32 Å². The molecule has 1 aromatic heterocycles. The molecule has 122 valence electrons. The lowest BCUT2D eigenvalue weighted by molar-refractivity contribution is 0.146. The second-order valence-electron chi connectivity index (χ2n) is 6.15. The van der Waals surface area contributed by atoms with Crippen LogP contribution in [0.5, 0.6) is 0 Å². The molecular formula is C18H21F2N3. The zero-order valence-corrected chi connectivity index (χ0v) is 13.2. The topological polar surface area (TPSA) is 37.8 Å². The summed E-state index contributed by atoms with van der Waals surface area (Å²) in [6.07, 6.45) is 3.05. The van der Waals surface area contributed by atoms with Crippen molar-refractivity contribution in [3.63, 3.8) is 0 Å². The number of benzene rings is 1. The minimum atomic E-state index is -2.60. The summed E-state index contributed by atoms with van der Waals surface area (Å²) in [7, 11) is 0. The van der Waals surface area contributed by atoms with E-state index in [9.17, 15) is 8.78 Å². The molecule has 0 atom stereocenters. The summed E-state index contributed by atoms with van der Waals surface area (Å²) in [5.41, 5.74) is 2.26. The van der Waals surface area contributed by atoms with E-state index in [1.807, 2.05) is 31.2 Å². The van der Waals surface area contributed by atoms with Crippen LogP contribution in [0.25, 0.3) is 11.3 Å². The van der Waals surface area contributed by atoms with Gasteiger partial charge in [-0.2, -0.15) is 0 Å².